The zero-order valence-corrected chi connectivity index (χ0v) is 21.0. The topological polar surface area (TPSA) is 84.9 Å². The third-order valence-electron chi connectivity index (χ3n) is 5.36. The third-order valence-corrected chi connectivity index (χ3v) is 5.89. The normalized spacial score (nSPS) is 14.8. The second-order valence-corrected chi connectivity index (χ2v) is 9.04. The number of carbonyl (C=O) groups excluding carboxylic acids is 3. The molecule has 4 rings (SSSR count). The summed E-state index contributed by atoms with van der Waals surface area (Å²) in [7, 11) is 1.52. The average molecular weight is 535 g/mol. The molecule has 0 aliphatic carbocycles. The highest BCUT2D eigenvalue weighted by atomic mass is 79.9. The first-order chi connectivity index (χ1) is 16.7. The fraction of sp³-hybridized carbons (Fsp3) is 0.148. The molecule has 0 radical (unpaired) electrons. The van der Waals surface area contributed by atoms with Crippen molar-refractivity contribution in [2.75, 3.05) is 12.0 Å². The SMILES string of the molecule is COc1cc(/C=C2\C(=O)NC(=O)N(c3ccc(Br)cc3)C2=O)ccc1OCc1cc(C)cc(C)c1. The molecule has 1 aliphatic heterocycles. The number of hydrogen-bond acceptors (Lipinski definition) is 5. The Labute approximate surface area is 211 Å². The monoisotopic (exact) mass is 534 g/mol. The molecule has 1 fully saturated rings. The Hall–Kier alpha value is -3.91. The van der Waals surface area contributed by atoms with Crippen molar-refractivity contribution in [3.63, 3.8) is 0 Å². The average Bonchev–Trinajstić information content (AvgIpc) is 2.81. The summed E-state index contributed by atoms with van der Waals surface area (Å²) >= 11 is 3.32. The van der Waals surface area contributed by atoms with Crippen molar-refractivity contribution in [1.82, 2.24) is 5.32 Å². The van der Waals surface area contributed by atoms with E-state index in [9.17, 15) is 14.4 Å². The van der Waals surface area contributed by atoms with Gasteiger partial charge in [-0.15, -0.1) is 0 Å². The number of amides is 4. The molecule has 0 atom stereocenters. The molecule has 3 aromatic rings. The van der Waals surface area contributed by atoms with E-state index in [0.29, 0.717) is 29.4 Å². The van der Waals surface area contributed by atoms with Gasteiger partial charge in [0.15, 0.2) is 11.5 Å². The van der Waals surface area contributed by atoms with Crippen molar-refractivity contribution < 1.29 is 23.9 Å². The van der Waals surface area contributed by atoms with E-state index >= 15 is 0 Å². The molecule has 1 heterocycles. The number of aryl methyl sites for hydroxylation is 2. The van der Waals surface area contributed by atoms with Crippen LogP contribution >= 0.6 is 15.9 Å². The number of urea groups is 1. The Kier molecular flexibility index (Phi) is 7.02. The van der Waals surface area contributed by atoms with Crippen LogP contribution in [0.15, 0.2) is 70.7 Å². The van der Waals surface area contributed by atoms with E-state index in [1.807, 2.05) is 13.8 Å². The first kappa shape index (κ1) is 24.2. The quantitative estimate of drug-likeness (QED) is 0.341. The molecule has 0 unspecified atom stereocenters. The molecule has 1 N–H and O–H groups in total. The van der Waals surface area contributed by atoms with Crippen molar-refractivity contribution in [2.24, 2.45) is 0 Å². The van der Waals surface area contributed by atoms with Crippen LogP contribution in [0.2, 0.25) is 0 Å². The summed E-state index contributed by atoms with van der Waals surface area (Å²) in [6, 6.07) is 17.2. The van der Waals surface area contributed by atoms with Gasteiger partial charge >= 0.3 is 6.03 Å². The second-order valence-electron chi connectivity index (χ2n) is 8.13. The maximum absolute atomic E-state index is 13.1. The predicted octanol–water partition coefficient (Wildman–Crippen LogP) is 5.32. The lowest BCUT2D eigenvalue weighted by molar-refractivity contribution is -0.122. The van der Waals surface area contributed by atoms with Gasteiger partial charge in [0.05, 0.1) is 12.8 Å². The van der Waals surface area contributed by atoms with Crippen molar-refractivity contribution in [2.45, 2.75) is 20.5 Å². The lowest BCUT2D eigenvalue weighted by Gasteiger charge is -2.26. The summed E-state index contributed by atoms with van der Waals surface area (Å²) in [6.07, 6.45) is 1.42. The van der Waals surface area contributed by atoms with Gasteiger partial charge < -0.3 is 9.47 Å². The van der Waals surface area contributed by atoms with E-state index in [0.717, 1.165) is 26.1 Å². The largest absolute Gasteiger partial charge is 0.493 e. The molecular formula is C27H23BrN2O5. The van der Waals surface area contributed by atoms with E-state index < -0.39 is 17.8 Å². The van der Waals surface area contributed by atoms with Gasteiger partial charge in [-0.3, -0.25) is 14.9 Å². The van der Waals surface area contributed by atoms with Crippen molar-refractivity contribution in [3.8, 4) is 11.5 Å². The Balaban J connectivity index is 1.59. The first-order valence-electron chi connectivity index (χ1n) is 10.8. The highest BCUT2D eigenvalue weighted by Crippen LogP contribution is 2.31. The molecule has 8 heteroatoms. The smallest absolute Gasteiger partial charge is 0.335 e. The van der Waals surface area contributed by atoms with Gasteiger partial charge in [-0.1, -0.05) is 51.3 Å². The molecule has 35 heavy (non-hydrogen) atoms. The predicted molar refractivity (Wildman–Crippen MR) is 136 cm³/mol. The Morgan fingerprint density at radius 3 is 2.26 bits per heavy atom. The molecule has 1 aliphatic rings. The molecule has 7 nitrogen and oxygen atoms in total. The molecule has 0 saturated carbocycles. The summed E-state index contributed by atoms with van der Waals surface area (Å²) in [6.45, 7) is 4.44. The molecule has 178 valence electrons. The van der Waals surface area contributed by atoms with Crippen LogP contribution in [0.5, 0.6) is 11.5 Å². The van der Waals surface area contributed by atoms with Gasteiger partial charge in [-0.25, -0.2) is 9.69 Å². The molecule has 0 bridgehead atoms. The van der Waals surface area contributed by atoms with Crippen LogP contribution in [-0.2, 0) is 16.2 Å². The summed E-state index contributed by atoms with van der Waals surface area (Å²) in [5, 5.41) is 2.22. The van der Waals surface area contributed by atoms with Gasteiger partial charge in [0, 0.05) is 4.47 Å². The Morgan fingerprint density at radius 1 is 0.914 bits per heavy atom. The third kappa shape index (κ3) is 5.44. The highest BCUT2D eigenvalue weighted by Gasteiger charge is 2.36. The molecule has 3 aromatic carbocycles. The van der Waals surface area contributed by atoms with Crippen LogP contribution in [-0.4, -0.2) is 25.0 Å². The lowest BCUT2D eigenvalue weighted by atomic mass is 10.1. The van der Waals surface area contributed by atoms with E-state index in [4.69, 9.17) is 9.47 Å². The summed E-state index contributed by atoms with van der Waals surface area (Å²) in [5.74, 6) is -0.495. The van der Waals surface area contributed by atoms with Gasteiger partial charge in [0.2, 0.25) is 0 Å². The number of carbonyl (C=O) groups is 3. The minimum atomic E-state index is -0.799. The number of anilines is 1. The summed E-state index contributed by atoms with van der Waals surface area (Å²) < 4.78 is 12.2. The number of rotatable bonds is 6. The Bertz CT molecular complexity index is 1330. The number of imide groups is 2. The van der Waals surface area contributed by atoms with Crippen LogP contribution in [0.4, 0.5) is 10.5 Å². The van der Waals surface area contributed by atoms with Gasteiger partial charge in [-0.05, 0) is 67.4 Å². The first-order valence-corrected chi connectivity index (χ1v) is 11.6. The summed E-state index contributed by atoms with van der Waals surface area (Å²) in [5.41, 5.74) is 4.08. The maximum atomic E-state index is 13.1. The molecular weight excluding hydrogens is 512 g/mol. The number of barbiturate groups is 1. The lowest BCUT2D eigenvalue weighted by Crippen LogP contribution is -2.54. The minimum absolute atomic E-state index is 0.168. The molecule has 1 saturated heterocycles. The standard InChI is InChI=1S/C27H23BrN2O5/c1-16-10-17(2)12-19(11-16)15-35-23-9-4-18(14-24(23)34-3)13-22-25(31)29-27(33)30(26(22)32)21-7-5-20(28)6-8-21/h4-14H,15H2,1-3H3,(H,29,31,33)/b22-13+. The minimum Gasteiger partial charge on any atom is -0.493 e. The highest BCUT2D eigenvalue weighted by molar-refractivity contribution is 9.10. The van der Waals surface area contributed by atoms with Gasteiger partial charge in [-0.2, -0.15) is 0 Å². The molecule has 0 aromatic heterocycles. The van der Waals surface area contributed by atoms with E-state index in [-0.39, 0.29) is 5.57 Å². The number of halogens is 1. The second kappa shape index (κ2) is 10.1. The number of nitrogens with one attached hydrogen (secondary N) is 1. The zero-order chi connectivity index (χ0) is 25.1. The molecule has 0 spiro atoms. The number of nitrogens with zero attached hydrogens (tertiary/aromatic N) is 1. The summed E-state index contributed by atoms with van der Waals surface area (Å²) in [4.78, 5) is 38.9. The van der Waals surface area contributed by atoms with E-state index in [1.165, 1.54) is 13.2 Å². The van der Waals surface area contributed by atoms with Gasteiger partial charge in [0.25, 0.3) is 11.8 Å². The Morgan fingerprint density at radius 2 is 1.60 bits per heavy atom. The van der Waals surface area contributed by atoms with Crippen molar-refractivity contribution in [1.29, 1.82) is 0 Å². The number of benzene rings is 3. The van der Waals surface area contributed by atoms with Crippen LogP contribution in [0.1, 0.15) is 22.3 Å². The zero-order valence-electron chi connectivity index (χ0n) is 19.4. The van der Waals surface area contributed by atoms with Crippen molar-refractivity contribution in [3.05, 3.63) is 93.0 Å². The fourth-order valence-corrected chi connectivity index (χ4v) is 4.12. The number of ether oxygens (including phenoxy) is 2. The van der Waals surface area contributed by atoms with Crippen LogP contribution in [0, 0.1) is 13.8 Å². The van der Waals surface area contributed by atoms with Crippen LogP contribution in [0.3, 0.4) is 0 Å². The maximum Gasteiger partial charge on any atom is 0.335 e. The van der Waals surface area contributed by atoms with E-state index in [2.05, 4.69) is 39.4 Å². The van der Waals surface area contributed by atoms with E-state index in [1.54, 1.807) is 42.5 Å². The van der Waals surface area contributed by atoms with Crippen LogP contribution in [0.25, 0.3) is 6.08 Å². The van der Waals surface area contributed by atoms with Gasteiger partial charge in [0.1, 0.15) is 12.2 Å². The number of methoxy groups -OCH3 is 1. The number of hydrogen-bond donors (Lipinski definition) is 1. The van der Waals surface area contributed by atoms with Crippen LogP contribution < -0.4 is 19.7 Å². The van der Waals surface area contributed by atoms with Crippen molar-refractivity contribution >= 4 is 45.5 Å². The fourth-order valence-electron chi connectivity index (χ4n) is 3.86. The molecule has 4 amide bonds.